The number of likely N-dealkylation sites (N-methyl/N-ethyl adjacent to an activating group) is 1. The van der Waals surface area contributed by atoms with E-state index in [1.54, 1.807) is 31.8 Å². The molecule has 0 saturated heterocycles. The number of carbonyl (C=O) groups is 1. The van der Waals surface area contributed by atoms with Gasteiger partial charge in [-0.05, 0) is 36.6 Å². The summed E-state index contributed by atoms with van der Waals surface area (Å²) in [6.07, 6.45) is 4.45. The lowest BCUT2D eigenvalue weighted by molar-refractivity contribution is 0.0741. The summed E-state index contributed by atoms with van der Waals surface area (Å²) in [6, 6.07) is 9.92. The zero-order valence-electron chi connectivity index (χ0n) is 16.0. The van der Waals surface area contributed by atoms with E-state index in [9.17, 15) is 9.59 Å². The molecule has 3 aromatic rings. The van der Waals surface area contributed by atoms with E-state index in [0.29, 0.717) is 31.7 Å². The van der Waals surface area contributed by atoms with Gasteiger partial charge >= 0.3 is 0 Å². The summed E-state index contributed by atoms with van der Waals surface area (Å²) in [5.41, 5.74) is 2.92. The van der Waals surface area contributed by atoms with E-state index in [0.717, 1.165) is 16.5 Å². The van der Waals surface area contributed by atoms with Crippen molar-refractivity contribution in [2.75, 3.05) is 27.3 Å². The number of ether oxygens (including phenoxy) is 1. The monoisotopic (exact) mass is 367 g/mol. The second-order valence-corrected chi connectivity index (χ2v) is 6.70. The smallest absolute Gasteiger partial charge is 0.263 e. The Morgan fingerprint density at radius 3 is 2.81 bits per heavy atom. The number of aromatic nitrogens is 2. The van der Waals surface area contributed by atoms with Crippen LogP contribution >= 0.6 is 0 Å². The van der Waals surface area contributed by atoms with Gasteiger partial charge in [-0.25, -0.2) is 0 Å². The fraction of sp³-hybridized carbons (Fsp3) is 0.333. The summed E-state index contributed by atoms with van der Waals surface area (Å²) in [5, 5.41) is 1.16. The van der Waals surface area contributed by atoms with Gasteiger partial charge in [0.15, 0.2) is 0 Å². The lowest BCUT2D eigenvalue weighted by Gasteiger charge is -2.18. The predicted octanol–water partition coefficient (Wildman–Crippen LogP) is 2.60. The average molecular weight is 367 g/mol. The molecule has 0 saturated carbocycles. The van der Waals surface area contributed by atoms with Crippen LogP contribution in [-0.2, 0) is 17.7 Å². The van der Waals surface area contributed by atoms with Crippen LogP contribution < -0.4 is 5.56 Å². The van der Waals surface area contributed by atoms with Gasteiger partial charge < -0.3 is 19.2 Å². The molecule has 0 atom stereocenters. The largest absolute Gasteiger partial charge is 0.383 e. The maximum absolute atomic E-state index is 12.9. The molecule has 3 rings (SSSR count). The highest BCUT2D eigenvalue weighted by Gasteiger charge is 2.19. The number of fused-ring (bicyclic) bond motifs is 1. The molecular formula is C21H25N3O3. The highest BCUT2D eigenvalue weighted by atomic mass is 16.5. The summed E-state index contributed by atoms with van der Waals surface area (Å²) in [4.78, 5) is 30.4. The number of nitrogens with zero attached hydrogens (tertiary/aromatic N) is 2. The molecule has 142 valence electrons. The average Bonchev–Trinajstić information content (AvgIpc) is 3.08. The number of aryl methyl sites for hydroxylation is 3. The Labute approximate surface area is 158 Å². The van der Waals surface area contributed by atoms with Gasteiger partial charge in [-0.2, -0.15) is 0 Å². The second-order valence-electron chi connectivity index (χ2n) is 6.70. The lowest BCUT2D eigenvalue weighted by Crippen LogP contribution is -2.37. The molecule has 0 unspecified atom stereocenters. The van der Waals surface area contributed by atoms with Gasteiger partial charge in [0.05, 0.1) is 6.61 Å². The number of aromatic amines is 1. The van der Waals surface area contributed by atoms with Gasteiger partial charge in [0.2, 0.25) is 0 Å². The Bertz CT molecular complexity index is 1000. The molecule has 0 spiro atoms. The number of para-hydroxylation sites is 1. The molecule has 0 bridgehead atoms. The topological polar surface area (TPSA) is 67.3 Å². The second kappa shape index (κ2) is 8.22. The molecule has 0 aliphatic rings. The molecule has 6 heteroatoms. The van der Waals surface area contributed by atoms with Crippen LogP contribution in [0.5, 0.6) is 0 Å². The predicted molar refractivity (Wildman–Crippen MR) is 106 cm³/mol. The number of hydrogen-bond donors (Lipinski definition) is 1. The van der Waals surface area contributed by atoms with Crippen LogP contribution in [0, 0.1) is 6.92 Å². The summed E-state index contributed by atoms with van der Waals surface area (Å²) < 4.78 is 6.63. The number of methoxy groups -OCH3 is 1. The maximum atomic E-state index is 12.9. The van der Waals surface area contributed by atoms with Crippen LogP contribution in [0.25, 0.3) is 10.9 Å². The van der Waals surface area contributed by atoms with E-state index in [1.807, 2.05) is 30.5 Å². The number of carbonyl (C=O) groups excluding carboxylic acids is 1. The SMILES string of the molecule is COCCN(C)C(=O)c1c(C)ccn(CCc2c[nH]c3ccccc23)c1=O. The van der Waals surface area contributed by atoms with Gasteiger partial charge in [-0.3, -0.25) is 9.59 Å². The van der Waals surface area contributed by atoms with Crippen molar-refractivity contribution in [3.63, 3.8) is 0 Å². The van der Waals surface area contributed by atoms with Crippen molar-refractivity contribution in [3.05, 3.63) is 69.8 Å². The summed E-state index contributed by atoms with van der Waals surface area (Å²) in [7, 11) is 3.27. The van der Waals surface area contributed by atoms with Crippen molar-refractivity contribution in [1.82, 2.24) is 14.5 Å². The number of pyridine rings is 1. The first kappa shape index (κ1) is 18.9. The van der Waals surface area contributed by atoms with E-state index < -0.39 is 0 Å². The number of benzene rings is 1. The molecule has 0 radical (unpaired) electrons. The molecule has 27 heavy (non-hydrogen) atoms. The molecule has 0 fully saturated rings. The van der Waals surface area contributed by atoms with Crippen LogP contribution in [0.15, 0.2) is 47.5 Å². The number of H-pyrrole nitrogens is 1. The van der Waals surface area contributed by atoms with Crippen molar-refractivity contribution in [2.24, 2.45) is 0 Å². The highest BCUT2D eigenvalue weighted by molar-refractivity contribution is 5.95. The third-order valence-corrected chi connectivity index (χ3v) is 4.86. The number of nitrogens with one attached hydrogen (secondary N) is 1. The zero-order chi connectivity index (χ0) is 19.4. The summed E-state index contributed by atoms with van der Waals surface area (Å²) in [5.74, 6) is -0.268. The van der Waals surface area contributed by atoms with E-state index in [2.05, 4.69) is 11.1 Å². The number of rotatable bonds is 7. The highest BCUT2D eigenvalue weighted by Crippen LogP contribution is 2.18. The minimum Gasteiger partial charge on any atom is -0.383 e. The third kappa shape index (κ3) is 3.95. The van der Waals surface area contributed by atoms with Crippen LogP contribution in [-0.4, -0.2) is 47.7 Å². The molecule has 1 amide bonds. The molecular weight excluding hydrogens is 342 g/mol. The Kier molecular flexibility index (Phi) is 5.76. The van der Waals surface area contributed by atoms with Gasteiger partial charge in [0, 0.05) is 50.5 Å². The van der Waals surface area contributed by atoms with Gasteiger partial charge in [0.1, 0.15) is 5.56 Å². The molecule has 0 aliphatic heterocycles. The number of hydrogen-bond acceptors (Lipinski definition) is 3. The fourth-order valence-corrected chi connectivity index (χ4v) is 3.20. The first-order chi connectivity index (χ1) is 13.0. The van der Waals surface area contributed by atoms with Gasteiger partial charge in [-0.15, -0.1) is 0 Å². The van der Waals surface area contributed by atoms with Crippen molar-refractivity contribution in [1.29, 1.82) is 0 Å². The minimum absolute atomic E-state index is 0.232. The molecule has 2 aromatic heterocycles. The first-order valence-corrected chi connectivity index (χ1v) is 9.02. The van der Waals surface area contributed by atoms with Crippen LogP contribution in [0.4, 0.5) is 0 Å². The molecule has 1 aromatic carbocycles. The van der Waals surface area contributed by atoms with Gasteiger partial charge in [0.25, 0.3) is 11.5 Å². The molecule has 6 nitrogen and oxygen atoms in total. The molecule has 1 N–H and O–H groups in total. The van der Waals surface area contributed by atoms with E-state index in [4.69, 9.17) is 4.74 Å². The first-order valence-electron chi connectivity index (χ1n) is 9.02. The zero-order valence-corrected chi connectivity index (χ0v) is 16.0. The van der Waals surface area contributed by atoms with Crippen molar-refractivity contribution < 1.29 is 9.53 Å². The lowest BCUT2D eigenvalue weighted by atomic mass is 10.1. The van der Waals surface area contributed by atoms with Crippen LogP contribution in [0.1, 0.15) is 21.5 Å². The van der Waals surface area contributed by atoms with E-state index >= 15 is 0 Å². The third-order valence-electron chi connectivity index (χ3n) is 4.86. The number of amides is 1. The summed E-state index contributed by atoms with van der Waals surface area (Å²) >= 11 is 0. The van der Waals surface area contributed by atoms with Crippen LogP contribution in [0.2, 0.25) is 0 Å². The van der Waals surface area contributed by atoms with Crippen molar-refractivity contribution >= 4 is 16.8 Å². The fourth-order valence-electron chi connectivity index (χ4n) is 3.20. The normalized spacial score (nSPS) is 11.1. The van der Waals surface area contributed by atoms with Crippen molar-refractivity contribution in [3.8, 4) is 0 Å². The van der Waals surface area contributed by atoms with Crippen molar-refractivity contribution in [2.45, 2.75) is 19.9 Å². The quantitative estimate of drug-likeness (QED) is 0.698. The maximum Gasteiger partial charge on any atom is 0.263 e. The molecule has 0 aliphatic carbocycles. The van der Waals surface area contributed by atoms with Crippen LogP contribution in [0.3, 0.4) is 0 Å². The summed E-state index contributed by atoms with van der Waals surface area (Å²) in [6.45, 7) is 3.19. The Balaban J connectivity index is 1.82. The Hall–Kier alpha value is -2.86. The Morgan fingerprint density at radius 2 is 2.04 bits per heavy atom. The Morgan fingerprint density at radius 1 is 1.26 bits per heavy atom. The van der Waals surface area contributed by atoms with E-state index in [-0.39, 0.29) is 17.0 Å². The standard InChI is InChI=1S/C21H25N3O3/c1-15-8-10-24(21(26)19(15)20(25)23(2)12-13-27-3)11-9-16-14-22-18-7-5-4-6-17(16)18/h4-8,10,14,22H,9,11-13H2,1-3H3. The van der Waals surface area contributed by atoms with E-state index in [1.165, 1.54) is 4.90 Å². The molecule has 2 heterocycles. The minimum atomic E-state index is -0.268. The van der Waals surface area contributed by atoms with Gasteiger partial charge in [-0.1, -0.05) is 18.2 Å².